The van der Waals surface area contributed by atoms with Crippen LogP contribution in [-0.4, -0.2) is 17.1 Å². The van der Waals surface area contributed by atoms with Crippen molar-refractivity contribution in [2.24, 2.45) is 17.6 Å². The van der Waals surface area contributed by atoms with Crippen LogP contribution in [0.1, 0.15) is 71.1 Å². The predicted molar refractivity (Wildman–Crippen MR) is 74.4 cm³/mol. The van der Waals surface area contributed by atoms with Crippen molar-refractivity contribution in [2.75, 3.05) is 0 Å². The van der Waals surface area contributed by atoms with Gasteiger partial charge < -0.3 is 10.8 Å². The smallest absolute Gasteiger partial charge is 0.320 e. The molecule has 3 N–H and O–H groups in total. The van der Waals surface area contributed by atoms with Gasteiger partial charge in [0.1, 0.15) is 6.04 Å². The maximum Gasteiger partial charge on any atom is 0.320 e. The van der Waals surface area contributed by atoms with Crippen LogP contribution in [-0.2, 0) is 4.79 Å². The van der Waals surface area contributed by atoms with Gasteiger partial charge in [-0.25, -0.2) is 0 Å². The third-order valence-corrected chi connectivity index (χ3v) is 4.36. The Bertz CT molecular complexity index is 213. The van der Waals surface area contributed by atoms with Gasteiger partial charge in [-0.2, -0.15) is 0 Å². The van der Waals surface area contributed by atoms with E-state index in [4.69, 9.17) is 10.8 Å². The Morgan fingerprint density at radius 2 is 1.22 bits per heavy atom. The lowest BCUT2D eigenvalue weighted by Crippen LogP contribution is -2.25. The number of nitrogens with two attached hydrogens (primary N) is 1. The van der Waals surface area contributed by atoms with Crippen LogP contribution < -0.4 is 5.73 Å². The van der Waals surface area contributed by atoms with Gasteiger partial charge >= 0.3 is 5.97 Å². The Morgan fingerprint density at radius 3 is 1.44 bits per heavy atom. The summed E-state index contributed by atoms with van der Waals surface area (Å²) in [6, 6.07) is -0.731. The number of carbonyl (C=O) groups is 1. The minimum absolute atomic E-state index is 0.731. The molecule has 2 saturated carbocycles. The monoisotopic (exact) mass is 255 g/mol. The van der Waals surface area contributed by atoms with Crippen LogP contribution in [0, 0.1) is 11.8 Å². The molecule has 106 valence electrons. The molecule has 0 aliphatic heterocycles. The summed E-state index contributed by atoms with van der Waals surface area (Å²) in [7, 11) is 0. The number of carboxylic acids is 1. The van der Waals surface area contributed by atoms with E-state index in [1.54, 1.807) is 25.7 Å². The van der Waals surface area contributed by atoms with Crippen LogP contribution in [0.15, 0.2) is 0 Å². The number of carboxylic acid groups (broad SMARTS) is 1. The Labute approximate surface area is 111 Å². The molecule has 0 amide bonds. The second-order valence-electron chi connectivity index (χ2n) is 5.92. The SMILES string of the molecule is C1CCC(C2CCCCC2)CC1.C[C@H](N)C(=O)O. The molecule has 0 radical (unpaired) electrons. The highest BCUT2D eigenvalue weighted by Gasteiger charge is 2.24. The zero-order valence-corrected chi connectivity index (χ0v) is 11.7. The second kappa shape index (κ2) is 8.52. The molecule has 3 heteroatoms. The van der Waals surface area contributed by atoms with E-state index in [-0.39, 0.29) is 0 Å². The summed E-state index contributed by atoms with van der Waals surface area (Å²) in [5, 5.41) is 7.87. The number of aliphatic carboxylic acids is 1. The Morgan fingerprint density at radius 1 is 0.944 bits per heavy atom. The van der Waals surface area contributed by atoms with Crippen molar-refractivity contribution in [3.05, 3.63) is 0 Å². The predicted octanol–water partition coefficient (Wildman–Crippen LogP) is 3.57. The molecule has 0 unspecified atom stereocenters. The molecule has 0 aromatic heterocycles. The summed E-state index contributed by atoms with van der Waals surface area (Å²) in [6.07, 6.45) is 15.4. The van der Waals surface area contributed by atoms with Crippen molar-refractivity contribution in [1.82, 2.24) is 0 Å². The molecule has 0 bridgehead atoms. The number of hydrogen-bond donors (Lipinski definition) is 2. The molecule has 0 spiro atoms. The zero-order chi connectivity index (χ0) is 13.4. The molecule has 0 aromatic rings. The van der Waals surface area contributed by atoms with Crippen molar-refractivity contribution >= 4 is 5.97 Å². The molecule has 1 atom stereocenters. The maximum atomic E-state index is 9.57. The van der Waals surface area contributed by atoms with Gasteiger partial charge in [-0.3, -0.25) is 4.79 Å². The first-order valence-corrected chi connectivity index (χ1v) is 7.59. The van der Waals surface area contributed by atoms with Gasteiger partial charge in [0.05, 0.1) is 0 Å². The fourth-order valence-electron chi connectivity index (χ4n) is 3.21. The van der Waals surface area contributed by atoms with Crippen LogP contribution in [0.25, 0.3) is 0 Å². The van der Waals surface area contributed by atoms with E-state index in [0.29, 0.717) is 0 Å². The molecule has 0 heterocycles. The Balaban J connectivity index is 0.000000232. The van der Waals surface area contributed by atoms with Crippen molar-refractivity contribution in [1.29, 1.82) is 0 Å². The van der Waals surface area contributed by atoms with E-state index in [1.807, 2.05) is 0 Å². The van der Waals surface area contributed by atoms with E-state index in [0.717, 1.165) is 11.8 Å². The minimum Gasteiger partial charge on any atom is -0.480 e. The van der Waals surface area contributed by atoms with Gasteiger partial charge in [0.25, 0.3) is 0 Å². The molecule has 3 nitrogen and oxygen atoms in total. The summed E-state index contributed by atoms with van der Waals surface area (Å²) < 4.78 is 0. The number of hydrogen-bond acceptors (Lipinski definition) is 2. The topological polar surface area (TPSA) is 63.3 Å². The summed E-state index contributed by atoms with van der Waals surface area (Å²) in [6.45, 7) is 1.42. The van der Waals surface area contributed by atoms with E-state index < -0.39 is 12.0 Å². The van der Waals surface area contributed by atoms with Gasteiger partial charge in [-0.15, -0.1) is 0 Å². The molecule has 2 aliphatic carbocycles. The largest absolute Gasteiger partial charge is 0.480 e. The van der Waals surface area contributed by atoms with Crippen molar-refractivity contribution < 1.29 is 9.90 Å². The third-order valence-electron chi connectivity index (χ3n) is 4.36. The van der Waals surface area contributed by atoms with Crippen molar-refractivity contribution in [3.63, 3.8) is 0 Å². The average Bonchev–Trinajstić information content (AvgIpc) is 2.41. The van der Waals surface area contributed by atoms with Gasteiger partial charge in [0, 0.05) is 0 Å². The van der Waals surface area contributed by atoms with E-state index in [2.05, 4.69) is 0 Å². The second-order valence-corrected chi connectivity index (χ2v) is 5.92. The van der Waals surface area contributed by atoms with E-state index >= 15 is 0 Å². The van der Waals surface area contributed by atoms with Crippen LogP contribution in [0.5, 0.6) is 0 Å². The van der Waals surface area contributed by atoms with Crippen LogP contribution >= 0.6 is 0 Å². The Hall–Kier alpha value is -0.570. The molecule has 0 saturated heterocycles. The van der Waals surface area contributed by atoms with Crippen molar-refractivity contribution in [3.8, 4) is 0 Å². The summed E-state index contributed by atoms with van der Waals surface area (Å²) >= 11 is 0. The molecule has 0 aromatic carbocycles. The van der Waals surface area contributed by atoms with Crippen molar-refractivity contribution in [2.45, 2.75) is 77.2 Å². The highest BCUT2D eigenvalue weighted by atomic mass is 16.4. The fourth-order valence-corrected chi connectivity index (χ4v) is 3.21. The van der Waals surface area contributed by atoms with E-state index in [1.165, 1.54) is 45.4 Å². The van der Waals surface area contributed by atoms with Crippen LogP contribution in [0.4, 0.5) is 0 Å². The molecular weight excluding hydrogens is 226 g/mol. The Kier molecular flexibility index (Phi) is 7.33. The summed E-state index contributed by atoms with van der Waals surface area (Å²) in [5.41, 5.74) is 4.84. The van der Waals surface area contributed by atoms with Gasteiger partial charge in [0.2, 0.25) is 0 Å². The lowest BCUT2D eigenvalue weighted by atomic mass is 9.73. The lowest BCUT2D eigenvalue weighted by Gasteiger charge is -2.32. The fraction of sp³-hybridized carbons (Fsp3) is 0.933. The molecule has 2 fully saturated rings. The maximum absolute atomic E-state index is 9.57. The average molecular weight is 255 g/mol. The van der Waals surface area contributed by atoms with Gasteiger partial charge in [0.15, 0.2) is 0 Å². The minimum atomic E-state index is -0.963. The molecule has 2 rings (SSSR count). The molecular formula is C15H29NO2. The summed E-state index contributed by atoms with van der Waals surface area (Å²) in [4.78, 5) is 9.57. The van der Waals surface area contributed by atoms with Crippen LogP contribution in [0.3, 0.4) is 0 Å². The third kappa shape index (κ3) is 5.85. The lowest BCUT2D eigenvalue weighted by molar-refractivity contribution is -0.138. The number of rotatable bonds is 2. The van der Waals surface area contributed by atoms with Gasteiger partial charge in [-0.05, 0) is 18.8 Å². The first kappa shape index (κ1) is 15.5. The first-order valence-electron chi connectivity index (χ1n) is 7.59. The molecule has 2 aliphatic rings. The highest BCUT2D eigenvalue weighted by Crippen LogP contribution is 2.37. The first-order chi connectivity index (χ1) is 8.61. The summed E-state index contributed by atoms with van der Waals surface area (Å²) in [5.74, 6) is 1.31. The normalized spacial score (nSPS) is 23.9. The van der Waals surface area contributed by atoms with Crippen LogP contribution in [0.2, 0.25) is 0 Å². The van der Waals surface area contributed by atoms with E-state index in [9.17, 15) is 4.79 Å². The molecule has 18 heavy (non-hydrogen) atoms. The highest BCUT2D eigenvalue weighted by molar-refractivity contribution is 5.72. The zero-order valence-electron chi connectivity index (χ0n) is 11.7. The van der Waals surface area contributed by atoms with Gasteiger partial charge in [-0.1, -0.05) is 64.2 Å². The standard InChI is InChI=1S/C12H22.C3H7NO2/c1-3-7-11(8-4-1)12-9-5-2-6-10-12;1-2(4)3(5)6/h11-12H,1-10H2;2H,4H2,1H3,(H,5,6)/t;2-/m.0/s1. The quantitative estimate of drug-likeness (QED) is 0.793.